The third-order valence-corrected chi connectivity index (χ3v) is 6.96. The molecule has 1 aliphatic carbocycles. The van der Waals surface area contributed by atoms with Gasteiger partial charge in [0.15, 0.2) is 0 Å². The van der Waals surface area contributed by atoms with Crippen LogP contribution in [-0.4, -0.2) is 64.7 Å². The number of anilines is 2. The first-order valence-corrected chi connectivity index (χ1v) is 13.3. The zero-order chi connectivity index (χ0) is 29.1. The molecular weight excluding hydrogens is 529 g/mol. The summed E-state index contributed by atoms with van der Waals surface area (Å²) in [4.78, 5) is 30.7. The van der Waals surface area contributed by atoms with Crippen molar-refractivity contribution >= 4 is 23.1 Å². The van der Waals surface area contributed by atoms with E-state index in [4.69, 9.17) is 4.74 Å². The molecule has 218 valence electrons. The van der Waals surface area contributed by atoms with Gasteiger partial charge in [0.25, 0.3) is 5.69 Å². The van der Waals surface area contributed by atoms with Crippen LogP contribution < -0.4 is 20.3 Å². The summed E-state index contributed by atoms with van der Waals surface area (Å²) in [5, 5.41) is 17.1. The molecule has 0 unspecified atom stereocenters. The van der Waals surface area contributed by atoms with E-state index >= 15 is 0 Å². The number of hydrogen-bond donors (Lipinski definition) is 2. The second-order valence-electron chi connectivity index (χ2n) is 11.3. The molecule has 2 fully saturated rings. The fourth-order valence-electron chi connectivity index (χ4n) is 4.98. The lowest BCUT2D eigenvalue weighted by atomic mass is 9.92. The van der Waals surface area contributed by atoms with E-state index in [1.165, 1.54) is 6.07 Å². The van der Waals surface area contributed by atoms with Crippen molar-refractivity contribution in [1.82, 2.24) is 15.2 Å². The summed E-state index contributed by atoms with van der Waals surface area (Å²) in [6.07, 6.45) is 1.31. The number of hydrogen-bond acceptors (Lipinski definition) is 7. The lowest BCUT2D eigenvalue weighted by molar-refractivity contribution is -0.388. The highest BCUT2D eigenvalue weighted by Crippen LogP contribution is 2.38. The van der Waals surface area contributed by atoms with Gasteiger partial charge in [-0.2, -0.15) is 13.2 Å². The Morgan fingerprint density at radius 2 is 1.73 bits per heavy atom. The van der Waals surface area contributed by atoms with E-state index in [2.05, 4.69) is 20.5 Å². The van der Waals surface area contributed by atoms with Gasteiger partial charge in [-0.3, -0.25) is 15.1 Å². The summed E-state index contributed by atoms with van der Waals surface area (Å²) >= 11 is 0. The summed E-state index contributed by atoms with van der Waals surface area (Å²) in [6, 6.07) is 4.80. The monoisotopic (exact) mass is 564 g/mol. The maximum absolute atomic E-state index is 13.3. The normalized spacial score (nSPS) is 20.1. The zero-order valence-electron chi connectivity index (χ0n) is 22.8. The molecule has 2 aliphatic rings. The van der Waals surface area contributed by atoms with Crippen molar-refractivity contribution in [1.29, 1.82) is 0 Å². The van der Waals surface area contributed by atoms with Gasteiger partial charge < -0.3 is 25.2 Å². The molecule has 2 amide bonds. The fourth-order valence-corrected chi connectivity index (χ4v) is 4.98. The summed E-state index contributed by atoms with van der Waals surface area (Å²) in [5.41, 5.74) is -1.39. The Labute approximate surface area is 231 Å². The molecule has 4 rings (SSSR count). The molecule has 1 aliphatic heterocycles. The highest BCUT2D eigenvalue weighted by molar-refractivity contribution is 5.75. The highest BCUT2D eigenvalue weighted by Gasteiger charge is 2.38. The molecule has 0 radical (unpaired) electrons. The van der Waals surface area contributed by atoms with Gasteiger partial charge in [0, 0.05) is 55.6 Å². The van der Waals surface area contributed by atoms with Crippen molar-refractivity contribution in [2.75, 3.05) is 36.4 Å². The number of halogens is 3. The Kier molecular flexibility index (Phi) is 8.59. The van der Waals surface area contributed by atoms with Gasteiger partial charge in [-0.15, -0.1) is 0 Å². The largest absolute Gasteiger partial charge is 0.489 e. The van der Waals surface area contributed by atoms with Crippen LogP contribution in [0.1, 0.15) is 52.0 Å². The number of nitro groups is 1. The average Bonchev–Trinajstić information content (AvgIpc) is 2.88. The van der Waals surface area contributed by atoms with Crippen molar-refractivity contribution in [2.24, 2.45) is 0 Å². The van der Waals surface area contributed by atoms with Crippen LogP contribution >= 0.6 is 0 Å². The summed E-state index contributed by atoms with van der Waals surface area (Å²) in [5.74, 6) is 0.645. The number of amides is 2. The zero-order valence-corrected chi connectivity index (χ0v) is 22.8. The number of aromatic nitrogens is 1. The summed E-state index contributed by atoms with van der Waals surface area (Å²) in [6.45, 7) is 8.41. The van der Waals surface area contributed by atoms with Crippen LogP contribution in [0.4, 0.5) is 35.0 Å². The lowest BCUT2D eigenvalue weighted by Crippen LogP contribution is -2.55. The first kappa shape index (κ1) is 29.2. The minimum atomic E-state index is -4.82. The van der Waals surface area contributed by atoms with Crippen LogP contribution in [0.15, 0.2) is 36.7 Å². The smallest absolute Gasteiger partial charge is 0.423 e. The van der Waals surface area contributed by atoms with Crippen LogP contribution in [-0.2, 0) is 6.18 Å². The lowest BCUT2D eigenvalue weighted by Gasteiger charge is -2.37. The van der Waals surface area contributed by atoms with E-state index in [1.807, 2.05) is 31.7 Å². The van der Waals surface area contributed by atoms with Crippen LogP contribution in [0.3, 0.4) is 0 Å². The second-order valence-corrected chi connectivity index (χ2v) is 11.3. The molecule has 2 heterocycles. The molecular formula is C27H35F3N6O4. The van der Waals surface area contributed by atoms with Gasteiger partial charge in [0.2, 0.25) is 0 Å². The molecule has 1 aromatic heterocycles. The number of piperazine rings is 1. The maximum atomic E-state index is 13.3. The number of urea groups is 1. The minimum absolute atomic E-state index is 0.0596. The topological polar surface area (TPSA) is 113 Å². The van der Waals surface area contributed by atoms with Gasteiger partial charge in [-0.25, -0.2) is 4.79 Å². The number of alkyl halides is 3. The molecule has 2 N–H and O–H groups in total. The predicted octanol–water partition coefficient (Wildman–Crippen LogP) is 5.44. The summed E-state index contributed by atoms with van der Waals surface area (Å²) in [7, 11) is 0. The van der Waals surface area contributed by atoms with E-state index in [0.717, 1.165) is 17.8 Å². The molecule has 1 saturated heterocycles. The second kappa shape index (κ2) is 11.8. The van der Waals surface area contributed by atoms with Crippen LogP contribution in [0.25, 0.3) is 0 Å². The fraction of sp³-hybridized carbons (Fsp3) is 0.556. The summed E-state index contributed by atoms with van der Waals surface area (Å²) < 4.78 is 46.1. The number of nitrogens with one attached hydrogen (secondary N) is 2. The van der Waals surface area contributed by atoms with Gasteiger partial charge in [0.05, 0.1) is 29.1 Å². The molecule has 0 spiro atoms. The molecule has 2 aromatic rings. The Morgan fingerprint density at radius 1 is 1.05 bits per heavy atom. The maximum Gasteiger partial charge on any atom is 0.423 e. The van der Waals surface area contributed by atoms with Crippen LogP contribution in [0, 0.1) is 10.1 Å². The average molecular weight is 565 g/mol. The molecule has 1 aromatic carbocycles. The third kappa shape index (κ3) is 7.66. The number of carbonyl (C=O) groups is 1. The number of ether oxygens (including phenoxy) is 1. The number of carbonyl (C=O) groups excluding carboxylic acids is 1. The molecule has 0 bridgehead atoms. The molecule has 10 nitrogen and oxygen atoms in total. The van der Waals surface area contributed by atoms with Gasteiger partial charge >= 0.3 is 12.2 Å². The van der Waals surface area contributed by atoms with Crippen molar-refractivity contribution in [3.63, 3.8) is 0 Å². The van der Waals surface area contributed by atoms with Crippen molar-refractivity contribution in [3.8, 4) is 5.75 Å². The van der Waals surface area contributed by atoms with Gasteiger partial charge in [0.1, 0.15) is 11.3 Å². The van der Waals surface area contributed by atoms with Crippen molar-refractivity contribution in [2.45, 2.75) is 70.3 Å². The minimum Gasteiger partial charge on any atom is -0.489 e. The molecule has 0 atom stereocenters. The van der Waals surface area contributed by atoms with E-state index < -0.39 is 22.4 Å². The highest BCUT2D eigenvalue weighted by atomic mass is 19.4. The number of nitrogens with zero attached hydrogens (tertiary/aromatic N) is 4. The van der Waals surface area contributed by atoms with Gasteiger partial charge in [-0.1, -0.05) is 0 Å². The van der Waals surface area contributed by atoms with E-state index in [1.54, 1.807) is 12.4 Å². The van der Waals surface area contributed by atoms with E-state index in [9.17, 15) is 28.1 Å². The molecule has 13 heteroatoms. The predicted molar refractivity (Wildman–Crippen MR) is 145 cm³/mol. The van der Waals surface area contributed by atoms with Crippen LogP contribution in [0.2, 0.25) is 0 Å². The first-order chi connectivity index (χ1) is 18.8. The Morgan fingerprint density at radius 3 is 2.33 bits per heavy atom. The van der Waals surface area contributed by atoms with E-state index in [0.29, 0.717) is 57.6 Å². The van der Waals surface area contributed by atoms with Crippen LogP contribution in [0.5, 0.6) is 5.75 Å². The first-order valence-electron chi connectivity index (χ1n) is 13.3. The SMILES string of the molecule is CC(C)(C)NC(=O)N1CCN(c2cncc(O[C@H]3CC[C@H](Nc4ccc([N+](=O)[O-])c(C(F)(F)F)c4)CC3)c2)CC1. The Balaban J connectivity index is 1.28. The number of nitro benzene ring substituents is 1. The Hall–Kier alpha value is -3.77. The van der Waals surface area contributed by atoms with Crippen molar-refractivity contribution in [3.05, 3.63) is 52.3 Å². The molecule has 1 saturated carbocycles. The number of rotatable bonds is 6. The van der Waals surface area contributed by atoms with Crippen molar-refractivity contribution < 1.29 is 27.6 Å². The third-order valence-electron chi connectivity index (χ3n) is 6.96. The van der Waals surface area contributed by atoms with Gasteiger partial charge in [-0.05, 0) is 58.6 Å². The quantitative estimate of drug-likeness (QED) is 0.355. The number of pyridine rings is 1. The standard InChI is InChI=1S/C27H35F3N6O4/c1-26(2,3)33-25(37)35-12-10-34(11-13-35)20-15-22(17-31-16-20)40-21-7-4-18(5-8-21)32-19-6-9-24(36(38)39)23(14-19)27(28,29)30/h6,9,14-18,21,32H,4-5,7-8,10-13H2,1-3H3,(H,33,37)/t18-,21-. The number of benzene rings is 1. The Bertz CT molecular complexity index is 1200. The molecule has 40 heavy (non-hydrogen) atoms. The van der Waals surface area contributed by atoms with E-state index in [-0.39, 0.29) is 29.4 Å².